The first-order chi connectivity index (χ1) is 16.7. The van der Waals surface area contributed by atoms with Gasteiger partial charge in [-0.25, -0.2) is 0 Å². The lowest BCUT2D eigenvalue weighted by molar-refractivity contribution is -0.137. The predicted molar refractivity (Wildman–Crippen MR) is 131 cm³/mol. The molecule has 2 aliphatic rings. The SMILES string of the molecule is NC(O)CN1CCN(c2ccc(NC(=O)C3=C(c4ccc(C(F)(F)F)cc4)CCCC3)cc2)CC1. The first-order valence-electron chi connectivity index (χ1n) is 11.9. The molecule has 0 bridgehead atoms. The highest BCUT2D eigenvalue weighted by molar-refractivity contribution is 6.09. The van der Waals surface area contributed by atoms with Crippen LogP contribution in [0, 0.1) is 0 Å². The maximum absolute atomic E-state index is 13.1. The number of piperazine rings is 1. The molecule has 6 nitrogen and oxygen atoms in total. The molecule has 1 atom stereocenters. The van der Waals surface area contributed by atoms with Gasteiger partial charge in [0.2, 0.25) is 0 Å². The molecule has 188 valence electrons. The Morgan fingerprint density at radius 3 is 2.20 bits per heavy atom. The van der Waals surface area contributed by atoms with Crippen molar-refractivity contribution in [1.29, 1.82) is 0 Å². The Kier molecular flexibility index (Phi) is 7.78. The van der Waals surface area contributed by atoms with Gasteiger partial charge in [0.25, 0.3) is 5.91 Å². The van der Waals surface area contributed by atoms with Crippen LogP contribution in [-0.2, 0) is 11.0 Å². The molecule has 2 aromatic carbocycles. The van der Waals surface area contributed by atoms with Crippen LogP contribution in [0.5, 0.6) is 0 Å². The quantitative estimate of drug-likeness (QED) is 0.534. The molecule has 0 radical (unpaired) electrons. The van der Waals surface area contributed by atoms with Crippen LogP contribution in [0.25, 0.3) is 5.57 Å². The molecule has 1 amide bonds. The summed E-state index contributed by atoms with van der Waals surface area (Å²) in [5.74, 6) is -0.207. The molecule has 1 saturated heterocycles. The minimum Gasteiger partial charge on any atom is -0.377 e. The number of anilines is 2. The molecular formula is C26H31F3N4O2. The lowest BCUT2D eigenvalue weighted by Crippen LogP contribution is -2.49. The molecular weight excluding hydrogens is 457 g/mol. The minimum absolute atomic E-state index is 0.207. The molecule has 2 aromatic rings. The number of carbonyl (C=O) groups is 1. The van der Waals surface area contributed by atoms with E-state index in [1.165, 1.54) is 12.1 Å². The summed E-state index contributed by atoms with van der Waals surface area (Å²) in [6, 6.07) is 12.7. The Labute approximate surface area is 203 Å². The highest BCUT2D eigenvalue weighted by Gasteiger charge is 2.30. The van der Waals surface area contributed by atoms with Crippen molar-refractivity contribution in [2.45, 2.75) is 38.1 Å². The number of aliphatic hydroxyl groups is 1. The second-order valence-electron chi connectivity index (χ2n) is 9.10. The van der Waals surface area contributed by atoms with Gasteiger partial charge in [0.15, 0.2) is 0 Å². The number of alkyl halides is 3. The highest BCUT2D eigenvalue weighted by Crippen LogP contribution is 2.35. The Morgan fingerprint density at radius 1 is 0.971 bits per heavy atom. The zero-order valence-electron chi connectivity index (χ0n) is 19.5. The van der Waals surface area contributed by atoms with Crippen molar-refractivity contribution in [1.82, 2.24) is 4.90 Å². The molecule has 1 aliphatic heterocycles. The van der Waals surface area contributed by atoms with E-state index in [2.05, 4.69) is 15.1 Å². The third-order valence-electron chi connectivity index (χ3n) is 6.61. The largest absolute Gasteiger partial charge is 0.416 e. The molecule has 35 heavy (non-hydrogen) atoms. The van der Waals surface area contributed by atoms with Gasteiger partial charge >= 0.3 is 6.18 Å². The molecule has 1 unspecified atom stereocenters. The average molecular weight is 489 g/mol. The number of benzene rings is 2. The van der Waals surface area contributed by atoms with E-state index in [4.69, 9.17) is 5.73 Å². The van der Waals surface area contributed by atoms with Crippen molar-refractivity contribution in [3.05, 3.63) is 65.2 Å². The molecule has 1 aliphatic carbocycles. The van der Waals surface area contributed by atoms with Crippen molar-refractivity contribution in [3.8, 4) is 0 Å². The van der Waals surface area contributed by atoms with Crippen LogP contribution in [-0.4, -0.2) is 54.9 Å². The van der Waals surface area contributed by atoms with Gasteiger partial charge in [-0.15, -0.1) is 0 Å². The van der Waals surface area contributed by atoms with E-state index < -0.39 is 18.0 Å². The Balaban J connectivity index is 1.42. The van der Waals surface area contributed by atoms with Crippen LogP contribution >= 0.6 is 0 Å². The number of carbonyl (C=O) groups excluding carboxylic acids is 1. The summed E-state index contributed by atoms with van der Waals surface area (Å²) in [5.41, 5.74) is 8.62. The van der Waals surface area contributed by atoms with Gasteiger partial charge in [0.05, 0.1) is 5.56 Å². The average Bonchev–Trinajstić information content (AvgIpc) is 2.84. The number of hydrogen-bond acceptors (Lipinski definition) is 5. The lowest BCUT2D eigenvalue weighted by atomic mass is 9.86. The summed E-state index contributed by atoms with van der Waals surface area (Å²) >= 11 is 0. The number of nitrogens with one attached hydrogen (secondary N) is 1. The second-order valence-corrected chi connectivity index (χ2v) is 9.10. The fraction of sp³-hybridized carbons (Fsp3) is 0.423. The first-order valence-corrected chi connectivity index (χ1v) is 11.9. The molecule has 4 rings (SSSR count). The summed E-state index contributed by atoms with van der Waals surface area (Å²) in [6.07, 6.45) is -2.17. The van der Waals surface area contributed by atoms with Crippen molar-refractivity contribution in [2.75, 3.05) is 42.9 Å². The van der Waals surface area contributed by atoms with Crippen molar-refractivity contribution >= 4 is 22.9 Å². The number of hydrogen-bond donors (Lipinski definition) is 3. The third-order valence-corrected chi connectivity index (χ3v) is 6.61. The zero-order valence-corrected chi connectivity index (χ0v) is 19.5. The van der Waals surface area contributed by atoms with E-state index >= 15 is 0 Å². The summed E-state index contributed by atoms with van der Waals surface area (Å²) in [7, 11) is 0. The van der Waals surface area contributed by atoms with Gasteiger partial charge in [-0.2, -0.15) is 13.2 Å². The summed E-state index contributed by atoms with van der Waals surface area (Å²) in [5, 5.41) is 12.3. The fourth-order valence-corrected chi connectivity index (χ4v) is 4.75. The van der Waals surface area contributed by atoms with Gasteiger partial charge in [0.1, 0.15) is 6.23 Å². The number of allylic oxidation sites excluding steroid dienone is 1. The zero-order chi connectivity index (χ0) is 25.0. The summed E-state index contributed by atoms with van der Waals surface area (Å²) in [6.45, 7) is 3.73. The van der Waals surface area contributed by atoms with Crippen LogP contribution < -0.4 is 16.0 Å². The molecule has 4 N–H and O–H groups in total. The van der Waals surface area contributed by atoms with Gasteiger partial charge < -0.3 is 21.1 Å². The van der Waals surface area contributed by atoms with Gasteiger partial charge in [0, 0.05) is 49.7 Å². The van der Waals surface area contributed by atoms with Crippen LogP contribution in [0.4, 0.5) is 24.5 Å². The van der Waals surface area contributed by atoms with Crippen LogP contribution in [0.1, 0.15) is 36.8 Å². The first kappa shape index (κ1) is 25.2. The van der Waals surface area contributed by atoms with E-state index in [1.807, 2.05) is 24.3 Å². The molecule has 1 heterocycles. The maximum atomic E-state index is 13.1. The van der Waals surface area contributed by atoms with Crippen LogP contribution in [0.3, 0.4) is 0 Å². The number of nitrogens with zero attached hydrogens (tertiary/aromatic N) is 2. The Bertz CT molecular complexity index is 1040. The number of rotatable bonds is 6. The minimum atomic E-state index is -4.38. The fourth-order valence-electron chi connectivity index (χ4n) is 4.75. The topological polar surface area (TPSA) is 81.8 Å². The molecule has 0 aromatic heterocycles. The second kappa shape index (κ2) is 10.8. The summed E-state index contributed by atoms with van der Waals surface area (Å²) in [4.78, 5) is 17.5. The van der Waals surface area contributed by atoms with E-state index in [1.54, 1.807) is 0 Å². The van der Waals surface area contributed by atoms with Gasteiger partial charge in [-0.3, -0.25) is 9.69 Å². The number of amides is 1. The molecule has 1 fully saturated rings. The highest BCUT2D eigenvalue weighted by atomic mass is 19.4. The molecule has 0 spiro atoms. The monoisotopic (exact) mass is 488 g/mol. The number of halogens is 3. The van der Waals surface area contributed by atoms with Crippen LogP contribution in [0.2, 0.25) is 0 Å². The van der Waals surface area contributed by atoms with Crippen LogP contribution in [0.15, 0.2) is 54.1 Å². The molecule has 9 heteroatoms. The predicted octanol–water partition coefficient (Wildman–Crippen LogP) is 4.07. The number of β-amino-alcohol motifs (C(OH)–C–C–N with tert-alkyl or cyclic N) is 1. The molecule has 0 saturated carbocycles. The van der Waals surface area contributed by atoms with Gasteiger partial charge in [-0.05, 0) is 73.2 Å². The smallest absolute Gasteiger partial charge is 0.377 e. The van der Waals surface area contributed by atoms with E-state index in [0.717, 1.165) is 62.4 Å². The maximum Gasteiger partial charge on any atom is 0.416 e. The van der Waals surface area contributed by atoms with E-state index in [-0.39, 0.29) is 5.91 Å². The Morgan fingerprint density at radius 2 is 1.60 bits per heavy atom. The number of aliphatic hydroxyl groups excluding tert-OH is 1. The van der Waals surface area contributed by atoms with Crippen molar-refractivity contribution in [3.63, 3.8) is 0 Å². The van der Waals surface area contributed by atoms with Crippen molar-refractivity contribution < 1.29 is 23.1 Å². The third kappa shape index (κ3) is 6.42. The summed E-state index contributed by atoms with van der Waals surface area (Å²) < 4.78 is 38.8. The van der Waals surface area contributed by atoms with Crippen molar-refractivity contribution in [2.24, 2.45) is 5.73 Å². The normalized spacial score (nSPS) is 18.5. The Hall–Kier alpha value is -2.88. The standard InChI is InChI=1S/C26H31F3N4O2/c27-26(28,29)19-7-5-18(6-8-19)22-3-1-2-4-23(22)25(35)31-20-9-11-21(12-10-20)33-15-13-32(14-16-33)17-24(30)34/h5-12,24,34H,1-4,13-17,30H2,(H,31,35). The number of nitrogens with two attached hydrogens (primary N) is 1. The van der Waals surface area contributed by atoms with Gasteiger partial charge in [-0.1, -0.05) is 12.1 Å². The van der Waals surface area contributed by atoms with E-state index in [9.17, 15) is 23.1 Å². The van der Waals surface area contributed by atoms with E-state index in [0.29, 0.717) is 36.2 Å². The lowest BCUT2D eigenvalue weighted by Gasteiger charge is -2.36.